The number of hydrogen-bond donors (Lipinski definition) is 1. The first-order valence-electron chi connectivity index (χ1n) is 14.5. The minimum absolute atomic E-state index is 0.112. The molecule has 0 radical (unpaired) electrons. The summed E-state index contributed by atoms with van der Waals surface area (Å²) in [5.41, 5.74) is 2.67. The van der Waals surface area contributed by atoms with Gasteiger partial charge in [0.25, 0.3) is 0 Å². The van der Waals surface area contributed by atoms with Crippen molar-refractivity contribution in [2.45, 2.75) is 136 Å². The highest BCUT2D eigenvalue weighted by atomic mass is 16.1. The van der Waals surface area contributed by atoms with E-state index in [0.29, 0.717) is 5.57 Å². The number of rotatable bonds is 20. The van der Waals surface area contributed by atoms with Gasteiger partial charge in [-0.25, -0.2) is 4.98 Å². The van der Waals surface area contributed by atoms with E-state index in [1.165, 1.54) is 96.3 Å². The fourth-order valence-electron chi connectivity index (χ4n) is 4.86. The maximum atomic E-state index is 12.1. The van der Waals surface area contributed by atoms with Gasteiger partial charge in [0.2, 0.25) is 5.91 Å². The predicted octanol–water partition coefficient (Wildman–Crippen LogP) is 9.05. The monoisotopic (exact) mass is 481 g/mol. The lowest BCUT2D eigenvalue weighted by Gasteiger charge is -2.16. The van der Waals surface area contributed by atoms with Gasteiger partial charge in [-0.15, -0.1) is 0 Å². The second kappa shape index (κ2) is 17.3. The lowest BCUT2D eigenvalue weighted by molar-refractivity contribution is -0.118. The molecule has 35 heavy (non-hydrogen) atoms. The van der Waals surface area contributed by atoms with E-state index in [4.69, 9.17) is 4.98 Å². The number of imidazole rings is 1. The Kier molecular flexibility index (Phi) is 14.4. The van der Waals surface area contributed by atoms with Crippen molar-refractivity contribution < 1.29 is 4.79 Å². The average molecular weight is 482 g/mol. The topological polar surface area (TPSA) is 46.9 Å². The molecule has 1 heterocycles. The summed E-state index contributed by atoms with van der Waals surface area (Å²) in [4.78, 5) is 17.0. The van der Waals surface area contributed by atoms with Crippen LogP contribution in [-0.4, -0.2) is 15.5 Å². The Hall–Kier alpha value is -2.10. The maximum Gasteiger partial charge on any atom is 0.246 e. The minimum atomic E-state index is -0.146. The van der Waals surface area contributed by atoms with Gasteiger partial charge >= 0.3 is 0 Å². The number of aryl methyl sites for hydroxylation is 1. The Balaban J connectivity index is 1.61. The Bertz CT molecular complexity index is 869. The summed E-state index contributed by atoms with van der Waals surface area (Å²) in [7, 11) is 0. The second-order valence-corrected chi connectivity index (χ2v) is 10.4. The summed E-state index contributed by atoms with van der Waals surface area (Å²) in [6, 6.07) is 8.12. The van der Waals surface area contributed by atoms with Crippen molar-refractivity contribution in [3.05, 3.63) is 42.2 Å². The fraction of sp³-hybridized carbons (Fsp3) is 0.677. The molecule has 4 nitrogen and oxygen atoms in total. The van der Waals surface area contributed by atoms with Gasteiger partial charge in [0.15, 0.2) is 0 Å². The number of fused-ring (bicyclic) bond motifs is 1. The number of benzene rings is 1. The van der Waals surface area contributed by atoms with Crippen LogP contribution in [0.4, 0.5) is 0 Å². The smallest absolute Gasteiger partial charge is 0.246 e. The highest BCUT2D eigenvalue weighted by molar-refractivity contribution is 5.92. The highest BCUT2D eigenvalue weighted by Gasteiger charge is 2.18. The predicted molar refractivity (Wildman–Crippen MR) is 151 cm³/mol. The van der Waals surface area contributed by atoms with Crippen LogP contribution in [0, 0.1) is 0 Å². The first-order valence-corrected chi connectivity index (χ1v) is 14.5. The number of para-hydroxylation sites is 2. The van der Waals surface area contributed by atoms with Crippen LogP contribution in [0.1, 0.15) is 135 Å². The lowest BCUT2D eigenvalue weighted by atomic mass is 10.0. The number of nitrogens with zero attached hydrogens (tertiary/aromatic N) is 2. The van der Waals surface area contributed by atoms with Crippen LogP contribution in [0.15, 0.2) is 36.4 Å². The highest BCUT2D eigenvalue weighted by Crippen LogP contribution is 2.22. The van der Waals surface area contributed by atoms with Crippen molar-refractivity contribution in [3.63, 3.8) is 0 Å². The number of carbonyl (C=O) groups is 1. The second-order valence-electron chi connectivity index (χ2n) is 10.4. The zero-order valence-electron chi connectivity index (χ0n) is 22.9. The van der Waals surface area contributed by atoms with Gasteiger partial charge in [-0.1, -0.05) is 122 Å². The summed E-state index contributed by atoms with van der Waals surface area (Å²) in [5.74, 6) is 0.820. The van der Waals surface area contributed by atoms with Crippen LogP contribution in [0.25, 0.3) is 11.0 Å². The largest absolute Gasteiger partial charge is 0.343 e. The molecule has 0 aliphatic carbocycles. The molecular weight excluding hydrogens is 430 g/mol. The molecule has 0 saturated carbocycles. The van der Waals surface area contributed by atoms with Crippen LogP contribution in [0.2, 0.25) is 0 Å². The quantitative estimate of drug-likeness (QED) is 0.151. The maximum absolute atomic E-state index is 12.1. The summed E-state index contributed by atoms with van der Waals surface area (Å²) in [6.45, 7) is 10.7. The van der Waals surface area contributed by atoms with E-state index < -0.39 is 0 Å². The van der Waals surface area contributed by atoms with E-state index in [2.05, 4.69) is 41.6 Å². The van der Waals surface area contributed by atoms with Crippen LogP contribution in [-0.2, 0) is 11.3 Å². The average Bonchev–Trinajstić information content (AvgIpc) is 3.22. The lowest BCUT2D eigenvalue weighted by Crippen LogP contribution is -2.29. The number of aromatic nitrogens is 2. The molecule has 4 heteroatoms. The number of hydrogen-bond acceptors (Lipinski definition) is 2. The normalized spacial score (nSPS) is 12.2. The van der Waals surface area contributed by atoms with Gasteiger partial charge in [-0.3, -0.25) is 4.79 Å². The molecule has 1 amide bonds. The Morgan fingerprint density at radius 1 is 0.857 bits per heavy atom. The molecule has 2 aromatic rings. The van der Waals surface area contributed by atoms with Crippen LogP contribution < -0.4 is 5.32 Å². The minimum Gasteiger partial charge on any atom is -0.343 e. The molecule has 0 bridgehead atoms. The van der Waals surface area contributed by atoms with E-state index >= 15 is 0 Å². The molecule has 1 aromatic carbocycles. The number of nitrogens with one attached hydrogen (secondary N) is 1. The van der Waals surface area contributed by atoms with Crippen molar-refractivity contribution >= 4 is 16.9 Å². The van der Waals surface area contributed by atoms with E-state index in [1.807, 2.05) is 13.0 Å². The molecule has 1 aromatic heterocycles. The Labute approximate surface area is 215 Å². The molecule has 0 aliphatic rings. The number of unbranched alkanes of at least 4 members (excludes halogenated alkanes) is 15. The fourth-order valence-corrected chi connectivity index (χ4v) is 4.86. The molecule has 1 N–H and O–H groups in total. The van der Waals surface area contributed by atoms with E-state index in [-0.39, 0.29) is 11.9 Å². The summed E-state index contributed by atoms with van der Waals surface area (Å²) in [5, 5.41) is 3.03. The molecule has 0 saturated heterocycles. The van der Waals surface area contributed by atoms with Gasteiger partial charge in [0, 0.05) is 12.1 Å². The molecule has 1 atom stereocenters. The standard InChI is InChI=1S/C31H51N3O/c1-5-6-7-8-9-10-11-12-13-14-15-16-17-18-19-22-25-34-29-24-21-20-23-28(29)33-30(34)27(4)32-31(35)26(2)3/h20-21,23-24,27H,2,5-19,22,25H2,1,3-4H3,(H,32,35). The zero-order valence-corrected chi connectivity index (χ0v) is 22.9. The summed E-state index contributed by atoms with van der Waals surface area (Å²) >= 11 is 0. The number of carbonyl (C=O) groups excluding carboxylic acids is 1. The summed E-state index contributed by atoms with van der Waals surface area (Å²) in [6.07, 6.45) is 22.0. The van der Waals surface area contributed by atoms with Crippen LogP contribution >= 0.6 is 0 Å². The zero-order chi connectivity index (χ0) is 25.3. The Morgan fingerprint density at radius 3 is 1.86 bits per heavy atom. The first kappa shape index (κ1) is 29.1. The van der Waals surface area contributed by atoms with Gasteiger partial charge in [0.1, 0.15) is 5.82 Å². The van der Waals surface area contributed by atoms with Gasteiger partial charge in [0.05, 0.1) is 17.1 Å². The van der Waals surface area contributed by atoms with Crippen molar-refractivity contribution in [1.82, 2.24) is 14.9 Å². The van der Waals surface area contributed by atoms with E-state index in [1.54, 1.807) is 6.92 Å². The van der Waals surface area contributed by atoms with Crippen molar-refractivity contribution in [2.24, 2.45) is 0 Å². The van der Waals surface area contributed by atoms with Gasteiger partial charge in [-0.2, -0.15) is 0 Å². The molecule has 1 unspecified atom stereocenters. The Morgan fingerprint density at radius 2 is 1.34 bits per heavy atom. The van der Waals surface area contributed by atoms with Gasteiger partial charge in [-0.05, 0) is 32.4 Å². The van der Waals surface area contributed by atoms with E-state index in [0.717, 1.165) is 29.8 Å². The molecule has 2 rings (SSSR count). The third-order valence-electron chi connectivity index (χ3n) is 7.04. The molecule has 0 aliphatic heterocycles. The van der Waals surface area contributed by atoms with Crippen molar-refractivity contribution in [1.29, 1.82) is 0 Å². The van der Waals surface area contributed by atoms with Crippen LogP contribution in [0.3, 0.4) is 0 Å². The van der Waals surface area contributed by atoms with E-state index in [9.17, 15) is 4.79 Å². The third kappa shape index (κ3) is 11.0. The molecule has 196 valence electrons. The molecular formula is C31H51N3O. The van der Waals surface area contributed by atoms with Gasteiger partial charge < -0.3 is 9.88 Å². The first-order chi connectivity index (χ1) is 17.0. The summed E-state index contributed by atoms with van der Waals surface area (Å²) < 4.78 is 2.29. The molecule has 0 spiro atoms. The van der Waals surface area contributed by atoms with Crippen molar-refractivity contribution in [3.8, 4) is 0 Å². The third-order valence-corrected chi connectivity index (χ3v) is 7.04. The SMILES string of the molecule is C=C(C)C(=O)NC(C)c1nc2ccccc2n1CCCCCCCCCCCCCCCCCC. The van der Waals surface area contributed by atoms with Crippen LogP contribution in [0.5, 0.6) is 0 Å². The van der Waals surface area contributed by atoms with Crippen molar-refractivity contribution in [2.75, 3.05) is 0 Å². The molecule has 0 fully saturated rings. The number of amides is 1.